The Bertz CT molecular complexity index is 985. The predicted molar refractivity (Wildman–Crippen MR) is 101 cm³/mol. The Morgan fingerprint density at radius 3 is 2.77 bits per heavy atom. The highest BCUT2D eigenvalue weighted by molar-refractivity contribution is 6.35. The first kappa shape index (κ1) is 18.2. The first-order valence-corrected chi connectivity index (χ1v) is 8.52. The number of esters is 1. The number of nitrogens with one attached hydrogen (secondary N) is 1. The number of carbonyl (C=O) groups excluding carboxylic acids is 2. The number of fused-ring (bicyclic) bond motifs is 1. The number of imidazole rings is 1. The van der Waals surface area contributed by atoms with Crippen molar-refractivity contribution < 1.29 is 14.3 Å². The quantitative estimate of drug-likeness (QED) is 0.670. The molecule has 0 unspecified atom stereocenters. The monoisotopic (exact) mass is 391 g/mol. The third kappa shape index (κ3) is 4.15. The van der Waals surface area contributed by atoms with Crippen molar-refractivity contribution in [2.45, 2.75) is 13.5 Å². The smallest absolute Gasteiger partial charge is 0.326 e. The van der Waals surface area contributed by atoms with Crippen LogP contribution in [0.5, 0.6) is 0 Å². The standard InChI is InChI=1S/C18H15Cl2N3O3/c1-11-21-14-4-2-3-5-16(14)23(11)9-18(25)26-10-17(24)22-15-8-12(19)6-7-13(15)20/h2-8H,9-10H2,1H3,(H,22,24). The fourth-order valence-corrected chi connectivity index (χ4v) is 2.83. The second kappa shape index (κ2) is 7.76. The number of benzene rings is 2. The maximum atomic E-state index is 12.1. The summed E-state index contributed by atoms with van der Waals surface area (Å²) in [5.74, 6) is -0.350. The molecule has 2 aromatic carbocycles. The lowest BCUT2D eigenvalue weighted by atomic mass is 10.3. The van der Waals surface area contributed by atoms with Crippen molar-refractivity contribution in [3.05, 3.63) is 58.3 Å². The normalized spacial score (nSPS) is 10.7. The molecule has 0 radical (unpaired) electrons. The van der Waals surface area contributed by atoms with Crippen LogP contribution in [0.4, 0.5) is 5.69 Å². The minimum atomic E-state index is -0.538. The van der Waals surface area contributed by atoms with Crippen LogP contribution in [0.2, 0.25) is 10.0 Å². The summed E-state index contributed by atoms with van der Waals surface area (Å²) in [6.45, 7) is 1.35. The second-order valence-corrected chi connectivity index (χ2v) is 6.41. The zero-order chi connectivity index (χ0) is 18.7. The largest absolute Gasteiger partial charge is 0.454 e. The van der Waals surface area contributed by atoms with Crippen molar-refractivity contribution in [1.82, 2.24) is 9.55 Å². The fraction of sp³-hybridized carbons (Fsp3) is 0.167. The van der Waals surface area contributed by atoms with Gasteiger partial charge in [-0.05, 0) is 37.3 Å². The molecule has 0 aliphatic heterocycles. The van der Waals surface area contributed by atoms with E-state index in [-0.39, 0.29) is 6.54 Å². The van der Waals surface area contributed by atoms with Crippen LogP contribution in [0.3, 0.4) is 0 Å². The van der Waals surface area contributed by atoms with E-state index in [9.17, 15) is 9.59 Å². The zero-order valence-electron chi connectivity index (χ0n) is 13.8. The molecule has 8 heteroatoms. The van der Waals surface area contributed by atoms with Gasteiger partial charge in [0.15, 0.2) is 6.61 Å². The van der Waals surface area contributed by atoms with Crippen molar-refractivity contribution in [3.63, 3.8) is 0 Å². The van der Waals surface area contributed by atoms with Crippen LogP contribution in [0.1, 0.15) is 5.82 Å². The predicted octanol–water partition coefficient (Wildman–Crippen LogP) is 3.83. The molecule has 0 saturated heterocycles. The van der Waals surface area contributed by atoms with E-state index >= 15 is 0 Å². The molecule has 1 heterocycles. The van der Waals surface area contributed by atoms with Gasteiger partial charge in [-0.2, -0.15) is 0 Å². The van der Waals surface area contributed by atoms with Crippen molar-refractivity contribution in [1.29, 1.82) is 0 Å². The minimum Gasteiger partial charge on any atom is -0.454 e. The summed E-state index contributed by atoms with van der Waals surface area (Å²) in [6, 6.07) is 12.2. The molecule has 1 aromatic heterocycles. The van der Waals surface area contributed by atoms with E-state index < -0.39 is 18.5 Å². The van der Waals surface area contributed by atoms with Gasteiger partial charge in [0.05, 0.1) is 21.7 Å². The van der Waals surface area contributed by atoms with Crippen molar-refractivity contribution >= 4 is 51.8 Å². The van der Waals surface area contributed by atoms with Crippen LogP contribution in [0.15, 0.2) is 42.5 Å². The van der Waals surface area contributed by atoms with Gasteiger partial charge in [-0.15, -0.1) is 0 Å². The number of carbonyl (C=O) groups is 2. The number of hydrogen-bond acceptors (Lipinski definition) is 4. The van der Waals surface area contributed by atoms with Crippen molar-refractivity contribution in [3.8, 4) is 0 Å². The first-order valence-electron chi connectivity index (χ1n) is 7.76. The fourth-order valence-electron chi connectivity index (χ4n) is 2.50. The molecule has 134 valence electrons. The lowest BCUT2D eigenvalue weighted by molar-refractivity contribution is -0.147. The van der Waals surface area contributed by atoms with E-state index in [1.807, 2.05) is 24.3 Å². The number of amides is 1. The van der Waals surface area contributed by atoms with Gasteiger partial charge >= 0.3 is 5.97 Å². The van der Waals surface area contributed by atoms with Crippen molar-refractivity contribution in [2.75, 3.05) is 11.9 Å². The molecule has 0 fully saturated rings. The van der Waals surface area contributed by atoms with E-state index in [2.05, 4.69) is 10.3 Å². The summed E-state index contributed by atoms with van der Waals surface area (Å²) in [6.07, 6.45) is 0. The Balaban J connectivity index is 1.59. The van der Waals surface area contributed by atoms with Gasteiger partial charge in [-0.1, -0.05) is 35.3 Å². The number of rotatable bonds is 5. The summed E-state index contributed by atoms with van der Waals surface area (Å²) in [4.78, 5) is 28.4. The topological polar surface area (TPSA) is 73.2 Å². The highest BCUT2D eigenvalue weighted by atomic mass is 35.5. The number of aryl methyl sites for hydroxylation is 1. The highest BCUT2D eigenvalue weighted by Crippen LogP contribution is 2.25. The van der Waals surface area contributed by atoms with Gasteiger partial charge < -0.3 is 14.6 Å². The molecule has 0 aliphatic rings. The molecular weight excluding hydrogens is 377 g/mol. The van der Waals surface area contributed by atoms with Crippen LogP contribution in [-0.4, -0.2) is 28.0 Å². The van der Waals surface area contributed by atoms with E-state index in [1.165, 1.54) is 6.07 Å². The Labute approximate surface area is 159 Å². The Morgan fingerprint density at radius 2 is 1.96 bits per heavy atom. The molecule has 0 aliphatic carbocycles. The number of ether oxygens (including phenoxy) is 1. The van der Waals surface area contributed by atoms with Gasteiger partial charge in [-0.3, -0.25) is 9.59 Å². The summed E-state index contributed by atoms with van der Waals surface area (Å²) >= 11 is 11.8. The van der Waals surface area contributed by atoms with Crippen LogP contribution in [0.25, 0.3) is 11.0 Å². The van der Waals surface area contributed by atoms with Crippen molar-refractivity contribution in [2.24, 2.45) is 0 Å². The SMILES string of the molecule is Cc1nc2ccccc2n1CC(=O)OCC(=O)Nc1cc(Cl)ccc1Cl. The average molecular weight is 392 g/mol. The molecule has 6 nitrogen and oxygen atoms in total. The third-order valence-corrected chi connectivity index (χ3v) is 4.26. The maximum absolute atomic E-state index is 12.1. The van der Waals surface area contributed by atoms with Crippen LogP contribution in [0, 0.1) is 6.92 Å². The van der Waals surface area contributed by atoms with Crippen LogP contribution < -0.4 is 5.32 Å². The molecular formula is C18H15Cl2N3O3. The molecule has 1 amide bonds. The lowest BCUT2D eigenvalue weighted by Crippen LogP contribution is -2.23. The van der Waals surface area contributed by atoms with E-state index in [1.54, 1.807) is 23.6 Å². The number of aromatic nitrogens is 2. The molecule has 3 aromatic rings. The summed E-state index contributed by atoms with van der Waals surface area (Å²) in [5, 5.41) is 3.33. The summed E-state index contributed by atoms with van der Waals surface area (Å²) in [7, 11) is 0. The molecule has 3 rings (SSSR count). The van der Waals surface area contributed by atoms with Gasteiger partial charge in [-0.25, -0.2) is 4.98 Å². The number of nitrogens with zero attached hydrogens (tertiary/aromatic N) is 2. The molecule has 0 saturated carbocycles. The Morgan fingerprint density at radius 1 is 1.19 bits per heavy atom. The van der Waals surface area contributed by atoms with E-state index in [0.29, 0.717) is 21.6 Å². The lowest BCUT2D eigenvalue weighted by Gasteiger charge is -2.09. The zero-order valence-corrected chi connectivity index (χ0v) is 15.3. The van der Waals surface area contributed by atoms with Gasteiger partial charge in [0.1, 0.15) is 12.4 Å². The molecule has 0 atom stereocenters. The Hall–Kier alpha value is -2.57. The second-order valence-electron chi connectivity index (χ2n) is 5.57. The molecule has 0 bridgehead atoms. The van der Waals surface area contributed by atoms with Gasteiger partial charge in [0.2, 0.25) is 0 Å². The van der Waals surface area contributed by atoms with Gasteiger partial charge in [0.25, 0.3) is 5.91 Å². The molecule has 0 spiro atoms. The van der Waals surface area contributed by atoms with Crippen LogP contribution >= 0.6 is 23.2 Å². The number of para-hydroxylation sites is 2. The molecule has 26 heavy (non-hydrogen) atoms. The minimum absolute atomic E-state index is 0.0302. The van der Waals surface area contributed by atoms with E-state index in [4.69, 9.17) is 27.9 Å². The number of hydrogen-bond donors (Lipinski definition) is 1. The summed E-state index contributed by atoms with van der Waals surface area (Å²) < 4.78 is 6.79. The Kier molecular flexibility index (Phi) is 5.44. The third-order valence-electron chi connectivity index (χ3n) is 3.70. The first-order chi connectivity index (χ1) is 12.4. The highest BCUT2D eigenvalue weighted by Gasteiger charge is 2.14. The average Bonchev–Trinajstić information content (AvgIpc) is 2.92. The van der Waals surface area contributed by atoms with Crippen LogP contribution in [-0.2, 0) is 20.9 Å². The number of halogens is 2. The van der Waals surface area contributed by atoms with Gasteiger partial charge in [0, 0.05) is 5.02 Å². The molecule has 1 N–H and O–H groups in total. The summed E-state index contributed by atoms with van der Waals surface area (Å²) in [5.41, 5.74) is 1.99. The number of anilines is 1. The maximum Gasteiger partial charge on any atom is 0.326 e. The van der Waals surface area contributed by atoms with E-state index in [0.717, 1.165) is 11.0 Å².